The van der Waals surface area contributed by atoms with E-state index in [1.165, 1.54) is 0 Å². The number of carbonyl (C=O) groups is 1. The van der Waals surface area contributed by atoms with Gasteiger partial charge in [-0.3, -0.25) is 14.5 Å². The standard InChI is InChI=1S/C21H26N6O3/c1-15-13-17(26(2)24-15)19(28)27-11-4-7-21(14-27,8-12-29-3)20-23-18(30-25-20)16-5-9-22-10-6-16/h5-6,9-10,13H,4,7-8,11-12,14H2,1-3H3. The second-order valence-corrected chi connectivity index (χ2v) is 7.81. The number of amides is 1. The molecule has 0 radical (unpaired) electrons. The normalized spacial score (nSPS) is 19.2. The number of aryl methyl sites for hydroxylation is 2. The van der Waals surface area contributed by atoms with Crippen LogP contribution in [0.25, 0.3) is 11.5 Å². The Hall–Kier alpha value is -3.07. The van der Waals surface area contributed by atoms with Gasteiger partial charge >= 0.3 is 0 Å². The zero-order valence-electron chi connectivity index (χ0n) is 17.5. The lowest BCUT2D eigenvalue weighted by molar-refractivity contribution is 0.0557. The fourth-order valence-electron chi connectivity index (χ4n) is 4.12. The molecule has 4 heterocycles. The monoisotopic (exact) mass is 410 g/mol. The molecule has 3 aromatic heterocycles. The number of pyridine rings is 1. The van der Waals surface area contributed by atoms with Gasteiger partial charge in [0.25, 0.3) is 11.8 Å². The van der Waals surface area contributed by atoms with Crippen LogP contribution in [0, 0.1) is 6.92 Å². The van der Waals surface area contributed by atoms with Crippen molar-refractivity contribution in [1.29, 1.82) is 0 Å². The highest BCUT2D eigenvalue weighted by atomic mass is 16.5. The largest absolute Gasteiger partial charge is 0.385 e. The average molecular weight is 410 g/mol. The first kappa shape index (κ1) is 20.2. The molecule has 9 nitrogen and oxygen atoms in total. The van der Waals surface area contributed by atoms with E-state index in [2.05, 4.69) is 15.2 Å². The first-order chi connectivity index (χ1) is 14.5. The van der Waals surface area contributed by atoms with Crippen molar-refractivity contribution in [2.75, 3.05) is 26.8 Å². The zero-order chi connectivity index (χ0) is 21.1. The zero-order valence-corrected chi connectivity index (χ0v) is 17.5. The first-order valence-electron chi connectivity index (χ1n) is 10.1. The van der Waals surface area contributed by atoms with Gasteiger partial charge in [0.05, 0.1) is 11.1 Å². The number of methoxy groups -OCH3 is 1. The van der Waals surface area contributed by atoms with Gasteiger partial charge in [-0.05, 0) is 44.4 Å². The van der Waals surface area contributed by atoms with Gasteiger partial charge < -0.3 is 14.2 Å². The number of nitrogens with zero attached hydrogens (tertiary/aromatic N) is 6. The van der Waals surface area contributed by atoms with Crippen LogP contribution in [0.4, 0.5) is 0 Å². The van der Waals surface area contributed by atoms with Crippen molar-refractivity contribution in [2.24, 2.45) is 7.05 Å². The molecule has 1 saturated heterocycles. The molecule has 0 aromatic carbocycles. The van der Waals surface area contributed by atoms with Gasteiger partial charge in [0.2, 0.25) is 0 Å². The summed E-state index contributed by atoms with van der Waals surface area (Å²) in [5.41, 5.74) is 1.80. The van der Waals surface area contributed by atoms with Crippen LogP contribution in [-0.4, -0.2) is 62.5 Å². The number of aromatic nitrogens is 5. The summed E-state index contributed by atoms with van der Waals surface area (Å²) in [5, 5.41) is 8.62. The van der Waals surface area contributed by atoms with E-state index in [0.29, 0.717) is 43.5 Å². The van der Waals surface area contributed by atoms with Crippen LogP contribution in [0.1, 0.15) is 41.3 Å². The fraction of sp³-hybridized carbons (Fsp3) is 0.476. The molecular formula is C21H26N6O3. The minimum absolute atomic E-state index is 0.0301. The highest BCUT2D eigenvalue weighted by Gasteiger charge is 2.42. The molecule has 0 aliphatic carbocycles. The molecule has 0 spiro atoms. The third-order valence-electron chi connectivity index (χ3n) is 5.70. The number of carbonyl (C=O) groups excluding carboxylic acids is 1. The van der Waals surface area contributed by atoms with Gasteiger partial charge in [-0.15, -0.1) is 0 Å². The summed E-state index contributed by atoms with van der Waals surface area (Å²) >= 11 is 0. The molecule has 1 atom stereocenters. The van der Waals surface area contributed by atoms with Crippen molar-refractivity contribution in [2.45, 2.75) is 31.6 Å². The topological polar surface area (TPSA) is 99.2 Å². The van der Waals surface area contributed by atoms with Gasteiger partial charge in [-0.2, -0.15) is 10.1 Å². The number of likely N-dealkylation sites (tertiary alicyclic amines) is 1. The molecular weight excluding hydrogens is 384 g/mol. The molecule has 30 heavy (non-hydrogen) atoms. The number of rotatable bonds is 6. The molecule has 0 saturated carbocycles. The van der Waals surface area contributed by atoms with Gasteiger partial charge in [0.1, 0.15) is 5.69 Å². The minimum Gasteiger partial charge on any atom is -0.385 e. The van der Waals surface area contributed by atoms with Crippen LogP contribution in [-0.2, 0) is 17.2 Å². The van der Waals surface area contributed by atoms with E-state index in [0.717, 1.165) is 24.1 Å². The van der Waals surface area contributed by atoms with Crippen LogP contribution >= 0.6 is 0 Å². The maximum absolute atomic E-state index is 13.2. The second-order valence-electron chi connectivity index (χ2n) is 7.81. The molecule has 0 bridgehead atoms. The van der Waals surface area contributed by atoms with Crippen molar-refractivity contribution in [3.63, 3.8) is 0 Å². The van der Waals surface area contributed by atoms with E-state index in [1.54, 1.807) is 31.2 Å². The summed E-state index contributed by atoms with van der Waals surface area (Å²) in [6.45, 7) is 3.63. The van der Waals surface area contributed by atoms with Crippen molar-refractivity contribution < 1.29 is 14.1 Å². The lowest BCUT2D eigenvalue weighted by atomic mass is 9.76. The van der Waals surface area contributed by atoms with Crippen molar-refractivity contribution in [1.82, 2.24) is 29.8 Å². The SMILES string of the molecule is COCCC1(c2noc(-c3ccncc3)n2)CCCN(C(=O)c2cc(C)nn2C)C1. The van der Waals surface area contributed by atoms with Crippen molar-refractivity contribution in [3.05, 3.63) is 47.8 Å². The molecule has 1 amide bonds. The first-order valence-corrected chi connectivity index (χ1v) is 10.1. The van der Waals surface area contributed by atoms with Gasteiger partial charge in [0.15, 0.2) is 5.82 Å². The molecule has 1 unspecified atom stereocenters. The van der Waals surface area contributed by atoms with Crippen molar-refractivity contribution >= 4 is 5.91 Å². The second kappa shape index (κ2) is 8.35. The van der Waals surface area contributed by atoms with Gasteiger partial charge in [-0.1, -0.05) is 5.16 Å². The summed E-state index contributed by atoms with van der Waals surface area (Å²) in [6.07, 6.45) is 5.80. The smallest absolute Gasteiger partial charge is 0.272 e. The maximum atomic E-state index is 13.2. The average Bonchev–Trinajstić information content (AvgIpc) is 3.39. The Morgan fingerprint density at radius 2 is 2.13 bits per heavy atom. The number of piperidine rings is 1. The third kappa shape index (κ3) is 3.85. The van der Waals surface area contributed by atoms with E-state index in [-0.39, 0.29) is 5.91 Å². The Balaban J connectivity index is 1.64. The molecule has 9 heteroatoms. The highest BCUT2D eigenvalue weighted by molar-refractivity contribution is 5.92. The minimum atomic E-state index is -0.424. The lowest BCUT2D eigenvalue weighted by Gasteiger charge is -2.40. The van der Waals surface area contributed by atoms with E-state index >= 15 is 0 Å². The summed E-state index contributed by atoms with van der Waals surface area (Å²) in [6, 6.07) is 5.49. The van der Waals surface area contributed by atoms with Gasteiger partial charge in [-0.25, -0.2) is 0 Å². The van der Waals surface area contributed by atoms with Crippen LogP contribution < -0.4 is 0 Å². The predicted molar refractivity (Wildman–Crippen MR) is 109 cm³/mol. The molecule has 158 valence electrons. The fourth-order valence-corrected chi connectivity index (χ4v) is 4.12. The summed E-state index contributed by atoms with van der Waals surface area (Å²) in [5.74, 6) is 1.04. The highest BCUT2D eigenvalue weighted by Crippen LogP contribution is 2.37. The molecule has 1 fully saturated rings. The Morgan fingerprint density at radius 1 is 1.33 bits per heavy atom. The van der Waals surface area contributed by atoms with E-state index in [4.69, 9.17) is 14.2 Å². The quantitative estimate of drug-likeness (QED) is 0.615. The summed E-state index contributed by atoms with van der Waals surface area (Å²) < 4.78 is 12.6. The molecule has 4 rings (SSSR count). The van der Waals surface area contributed by atoms with E-state index in [9.17, 15) is 4.79 Å². The van der Waals surface area contributed by atoms with Crippen molar-refractivity contribution in [3.8, 4) is 11.5 Å². The molecule has 0 N–H and O–H groups in total. The third-order valence-corrected chi connectivity index (χ3v) is 5.70. The van der Waals surface area contributed by atoms with Crippen LogP contribution in [0.2, 0.25) is 0 Å². The number of hydrogen-bond acceptors (Lipinski definition) is 7. The van der Waals surface area contributed by atoms with Gasteiger partial charge in [0, 0.05) is 51.8 Å². The molecule has 1 aliphatic rings. The van der Waals surface area contributed by atoms with Crippen LogP contribution in [0.5, 0.6) is 0 Å². The Morgan fingerprint density at radius 3 is 2.83 bits per heavy atom. The van der Waals surface area contributed by atoms with Crippen LogP contribution in [0.3, 0.4) is 0 Å². The molecule has 1 aliphatic heterocycles. The summed E-state index contributed by atoms with van der Waals surface area (Å²) in [7, 11) is 3.47. The maximum Gasteiger partial charge on any atom is 0.272 e. The Kier molecular flexibility index (Phi) is 5.63. The van der Waals surface area contributed by atoms with E-state index in [1.807, 2.05) is 30.0 Å². The van der Waals surface area contributed by atoms with E-state index < -0.39 is 5.41 Å². The predicted octanol–water partition coefficient (Wildman–Crippen LogP) is 2.38. The Bertz CT molecular complexity index is 1010. The molecule has 3 aromatic rings. The summed E-state index contributed by atoms with van der Waals surface area (Å²) in [4.78, 5) is 23.8. The van der Waals surface area contributed by atoms with Crippen LogP contribution in [0.15, 0.2) is 35.1 Å². The Labute approximate surface area is 175 Å². The number of ether oxygens (including phenoxy) is 1. The number of hydrogen-bond donors (Lipinski definition) is 0. The lowest BCUT2D eigenvalue weighted by Crippen LogP contribution is -2.50.